The fourth-order valence-electron chi connectivity index (χ4n) is 1.59. The summed E-state index contributed by atoms with van der Waals surface area (Å²) in [7, 11) is 1.28. The number of nitrogens with one attached hydrogen (secondary N) is 1. The lowest BCUT2D eigenvalue weighted by atomic mass is 10.1. The summed E-state index contributed by atoms with van der Waals surface area (Å²) in [5.41, 5.74) is -1.24. The van der Waals surface area contributed by atoms with Crippen LogP contribution >= 0.6 is 11.3 Å². The molecule has 0 aliphatic carbocycles. The summed E-state index contributed by atoms with van der Waals surface area (Å²) < 4.78 is 43.6. The van der Waals surface area contributed by atoms with Gasteiger partial charge in [0.05, 0.1) is 23.2 Å². The average Bonchev–Trinajstić information content (AvgIpc) is 2.91. The van der Waals surface area contributed by atoms with Crippen molar-refractivity contribution in [2.24, 2.45) is 0 Å². The van der Waals surface area contributed by atoms with Gasteiger partial charge in [0.2, 0.25) is 0 Å². The van der Waals surface area contributed by atoms with E-state index in [0.29, 0.717) is 4.88 Å². The number of benzene rings is 1. The summed E-state index contributed by atoms with van der Waals surface area (Å²) >= 11 is 1.15. The Hall–Kier alpha value is -2.02. The van der Waals surface area contributed by atoms with E-state index >= 15 is 0 Å². The van der Waals surface area contributed by atoms with Gasteiger partial charge >= 0.3 is 6.18 Å². The van der Waals surface area contributed by atoms with Crippen LogP contribution in [0.15, 0.2) is 35.7 Å². The molecule has 7 heteroatoms. The van der Waals surface area contributed by atoms with Crippen LogP contribution in [0.5, 0.6) is 5.75 Å². The lowest BCUT2D eigenvalue weighted by Crippen LogP contribution is -2.16. The first kappa shape index (κ1) is 14.4. The second-order valence-electron chi connectivity index (χ2n) is 3.84. The lowest BCUT2D eigenvalue weighted by Gasteiger charge is -2.14. The molecule has 106 valence electrons. The van der Waals surface area contributed by atoms with Gasteiger partial charge in [-0.1, -0.05) is 6.07 Å². The zero-order chi connectivity index (χ0) is 14.8. The van der Waals surface area contributed by atoms with Gasteiger partial charge in [-0.05, 0) is 29.6 Å². The molecule has 0 aliphatic heterocycles. The zero-order valence-corrected chi connectivity index (χ0v) is 11.1. The van der Waals surface area contributed by atoms with Crippen molar-refractivity contribution in [3.63, 3.8) is 0 Å². The molecule has 0 unspecified atom stereocenters. The number of alkyl halides is 3. The highest BCUT2D eigenvalue weighted by Gasteiger charge is 2.34. The molecule has 2 aromatic rings. The third-order valence-electron chi connectivity index (χ3n) is 2.53. The van der Waals surface area contributed by atoms with Crippen molar-refractivity contribution < 1.29 is 22.7 Å². The molecule has 0 saturated carbocycles. The highest BCUT2D eigenvalue weighted by Crippen LogP contribution is 2.37. The molecule has 20 heavy (non-hydrogen) atoms. The van der Waals surface area contributed by atoms with Crippen molar-refractivity contribution in [2.75, 3.05) is 12.4 Å². The maximum absolute atomic E-state index is 13.0. The van der Waals surface area contributed by atoms with Crippen LogP contribution in [0.4, 0.5) is 18.9 Å². The SMILES string of the molecule is COc1ccc(NC(=O)c2cccs2)c(C(F)(F)F)c1. The molecule has 0 saturated heterocycles. The Bertz CT molecular complexity index is 609. The Morgan fingerprint density at radius 3 is 2.60 bits per heavy atom. The summed E-state index contributed by atoms with van der Waals surface area (Å²) in [5, 5.41) is 3.94. The highest BCUT2D eigenvalue weighted by molar-refractivity contribution is 7.12. The monoisotopic (exact) mass is 301 g/mol. The summed E-state index contributed by atoms with van der Waals surface area (Å²) in [5.74, 6) is -0.498. The summed E-state index contributed by atoms with van der Waals surface area (Å²) in [6.07, 6.45) is -4.58. The molecule has 1 aromatic carbocycles. The Morgan fingerprint density at radius 2 is 2.05 bits per heavy atom. The van der Waals surface area contributed by atoms with Gasteiger partial charge in [0, 0.05) is 0 Å². The minimum Gasteiger partial charge on any atom is -0.497 e. The van der Waals surface area contributed by atoms with E-state index in [2.05, 4.69) is 5.32 Å². The molecule has 2 rings (SSSR count). The van der Waals surface area contributed by atoms with Crippen LogP contribution in [0, 0.1) is 0 Å². The normalized spacial score (nSPS) is 11.2. The van der Waals surface area contributed by atoms with Crippen LogP contribution in [-0.2, 0) is 6.18 Å². The van der Waals surface area contributed by atoms with Crippen LogP contribution in [0.1, 0.15) is 15.2 Å². The number of halogens is 3. The predicted octanol–water partition coefficient (Wildman–Crippen LogP) is 4.03. The number of thiophene rings is 1. The standard InChI is InChI=1S/C13H10F3NO2S/c1-19-8-4-5-10(9(7-8)13(14,15)16)17-12(18)11-3-2-6-20-11/h2-7H,1H3,(H,17,18). The Labute approximate surface area is 117 Å². The largest absolute Gasteiger partial charge is 0.497 e. The number of methoxy groups -OCH3 is 1. The lowest BCUT2D eigenvalue weighted by molar-refractivity contribution is -0.137. The molecule has 0 bridgehead atoms. The van der Waals surface area contributed by atoms with Crippen molar-refractivity contribution in [3.05, 3.63) is 46.2 Å². The summed E-state index contributed by atoms with van der Waals surface area (Å²) in [6, 6.07) is 6.57. The molecule has 0 aliphatic rings. The third-order valence-corrected chi connectivity index (χ3v) is 3.39. The summed E-state index contributed by atoms with van der Waals surface area (Å²) in [4.78, 5) is 12.2. The molecule has 1 N–H and O–H groups in total. The van der Waals surface area contributed by atoms with E-state index in [1.54, 1.807) is 11.4 Å². The second kappa shape index (κ2) is 5.54. The van der Waals surface area contributed by atoms with Gasteiger partial charge in [-0.3, -0.25) is 4.79 Å². The van der Waals surface area contributed by atoms with Crippen LogP contribution in [0.3, 0.4) is 0 Å². The average molecular weight is 301 g/mol. The second-order valence-corrected chi connectivity index (χ2v) is 4.79. The van der Waals surface area contributed by atoms with Crippen molar-refractivity contribution in [3.8, 4) is 5.75 Å². The Morgan fingerprint density at radius 1 is 1.30 bits per heavy atom. The molecule has 0 fully saturated rings. The number of carbonyl (C=O) groups excluding carboxylic acids is 1. The highest BCUT2D eigenvalue weighted by atomic mass is 32.1. The fourth-order valence-corrected chi connectivity index (χ4v) is 2.20. The molecule has 1 aromatic heterocycles. The van der Waals surface area contributed by atoms with Crippen molar-refractivity contribution in [1.82, 2.24) is 0 Å². The van der Waals surface area contributed by atoms with E-state index in [1.807, 2.05) is 0 Å². The van der Waals surface area contributed by atoms with E-state index in [-0.39, 0.29) is 11.4 Å². The minimum atomic E-state index is -4.58. The molecular weight excluding hydrogens is 291 g/mol. The molecule has 3 nitrogen and oxygen atoms in total. The molecular formula is C13H10F3NO2S. The molecule has 1 heterocycles. The van der Waals surface area contributed by atoms with Gasteiger partial charge in [0.1, 0.15) is 5.75 Å². The number of ether oxygens (including phenoxy) is 1. The fraction of sp³-hybridized carbons (Fsp3) is 0.154. The minimum absolute atomic E-state index is 0.0754. The van der Waals surface area contributed by atoms with Gasteiger partial charge in [-0.15, -0.1) is 11.3 Å². The van der Waals surface area contributed by atoms with E-state index in [4.69, 9.17) is 4.74 Å². The predicted molar refractivity (Wildman–Crippen MR) is 70.3 cm³/mol. The number of hydrogen-bond acceptors (Lipinski definition) is 3. The number of rotatable bonds is 3. The molecule has 0 spiro atoms. The van der Waals surface area contributed by atoms with Gasteiger partial charge < -0.3 is 10.1 Å². The van der Waals surface area contributed by atoms with Gasteiger partial charge in [0.15, 0.2) is 0 Å². The van der Waals surface area contributed by atoms with E-state index in [1.165, 1.54) is 25.3 Å². The number of carbonyl (C=O) groups is 1. The zero-order valence-electron chi connectivity index (χ0n) is 10.3. The number of anilines is 1. The van der Waals surface area contributed by atoms with Crippen molar-refractivity contribution >= 4 is 22.9 Å². The maximum Gasteiger partial charge on any atom is 0.418 e. The summed E-state index contributed by atoms with van der Waals surface area (Å²) in [6.45, 7) is 0. The first-order valence-corrected chi connectivity index (χ1v) is 6.40. The van der Waals surface area contributed by atoms with Crippen LogP contribution in [0.2, 0.25) is 0 Å². The van der Waals surface area contributed by atoms with Crippen molar-refractivity contribution in [2.45, 2.75) is 6.18 Å². The molecule has 1 amide bonds. The smallest absolute Gasteiger partial charge is 0.418 e. The Balaban J connectivity index is 2.34. The topological polar surface area (TPSA) is 38.3 Å². The van der Waals surface area contributed by atoms with Crippen molar-refractivity contribution in [1.29, 1.82) is 0 Å². The van der Waals surface area contributed by atoms with Gasteiger partial charge in [-0.2, -0.15) is 13.2 Å². The van der Waals surface area contributed by atoms with E-state index < -0.39 is 17.6 Å². The molecule has 0 atom stereocenters. The van der Waals surface area contributed by atoms with Gasteiger partial charge in [-0.25, -0.2) is 0 Å². The molecule has 0 radical (unpaired) electrons. The van der Waals surface area contributed by atoms with Crippen LogP contribution < -0.4 is 10.1 Å². The first-order valence-electron chi connectivity index (χ1n) is 5.52. The quantitative estimate of drug-likeness (QED) is 0.929. The maximum atomic E-state index is 13.0. The van der Waals surface area contributed by atoms with E-state index in [9.17, 15) is 18.0 Å². The first-order chi connectivity index (χ1) is 9.41. The third kappa shape index (κ3) is 3.11. The van der Waals surface area contributed by atoms with Crippen LogP contribution in [-0.4, -0.2) is 13.0 Å². The van der Waals surface area contributed by atoms with E-state index in [0.717, 1.165) is 17.4 Å². The Kier molecular flexibility index (Phi) is 3.99. The number of amides is 1. The van der Waals surface area contributed by atoms with Crippen LogP contribution in [0.25, 0.3) is 0 Å². The number of hydrogen-bond donors (Lipinski definition) is 1. The van der Waals surface area contributed by atoms with Gasteiger partial charge in [0.25, 0.3) is 5.91 Å².